The van der Waals surface area contributed by atoms with Gasteiger partial charge in [0.25, 0.3) is 0 Å². The van der Waals surface area contributed by atoms with Crippen molar-refractivity contribution < 1.29 is 23.1 Å². The molecule has 6 nitrogen and oxygen atoms in total. The third-order valence-electron chi connectivity index (χ3n) is 3.82. The fourth-order valence-electron chi connectivity index (χ4n) is 2.60. The Labute approximate surface area is 156 Å². The molecule has 0 unspecified atom stereocenters. The summed E-state index contributed by atoms with van der Waals surface area (Å²) in [7, 11) is -3.96. The topological polar surface area (TPSA) is 92.7 Å². The molecule has 0 aliphatic carbocycles. The van der Waals surface area contributed by atoms with E-state index in [1.165, 1.54) is 23.9 Å². The van der Waals surface area contributed by atoms with Gasteiger partial charge in [-0.15, -0.1) is 0 Å². The predicted octanol–water partition coefficient (Wildman–Crippen LogP) is 3.72. The number of carboxylic acids is 1. The maximum absolute atomic E-state index is 12.6. The van der Waals surface area contributed by atoms with Gasteiger partial charge in [-0.05, 0) is 42.7 Å². The van der Waals surface area contributed by atoms with Crippen LogP contribution < -0.4 is 9.46 Å². The van der Waals surface area contributed by atoms with E-state index in [9.17, 15) is 18.3 Å². The lowest BCUT2D eigenvalue weighted by Crippen LogP contribution is -2.41. The molecular formula is C18H19NO5S2. The van der Waals surface area contributed by atoms with E-state index in [2.05, 4.69) is 4.72 Å². The van der Waals surface area contributed by atoms with Gasteiger partial charge in [0.15, 0.2) is 0 Å². The van der Waals surface area contributed by atoms with Crippen molar-refractivity contribution in [3.05, 3.63) is 42.5 Å². The third kappa shape index (κ3) is 4.03. The number of para-hydroxylation sites is 1. The smallest absolute Gasteiger partial charge is 0.321 e. The minimum Gasteiger partial charge on any atom is -0.480 e. The van der Waals surface area contributed by atoms with Crippen LogP contribution in [0.4, 0.5) is 0 Å². The number of benzene rings is 2. The molecule has 138 valence electrons. The van der Waals surface area contributed by atoms with Crippen LogP contribution in [0.5, 0.6) is 11.5 Å². The molecule has 1 atom stereocenters. The Kier molecular flexibility index (Phi) is 5.27. The SMILES string of the molecule is CC(C)C[C@H](NS(=O)(=O)c1ccc2c(c1)Sc1ccccc1O2)C(=O)O. The third-order valence-corrected chi connectivity index (χ3v) is 6.38. The molecule has 0 spiro atoms. The first kappa shape index (κ1) is 18.8. The standard InChI is InChI=1S/C18H19NO5S2/c1-11(2)9-13(18(20)21)19-26(22,23)12-7-8-15-17(10-12)25-16-6-4-3-5-14(16)24-15/h3-8,10-11,13,19H,9H2,1-2H3,(H,20,21)/t13-/m0/s1. The van der Waals surface area contributed by atoms with Gasteiger partial charge in [0.05, 0.1) is 14.7 Å². The van der Waals surface area contributed by atoms with E-state index in [0.717, 1.165) is 10.6 Å². The molecule has 2 aromatic carbocycles. The molecule has 0 saturated heterocycles. The van der Waals surface area contributed by atoms with Crippen molar-refractivity contribution in [3.8, 4) is 11.5 Å². The van der Waals surface area contributed by atoms with Crippen LogP contribution in [-0.4, -0.2) is 25.5 Å². The summed E-state index contributed by atoms with van der Waals surface area (Å²) in [4.78, 5) is 12.9. The number of hydrogen-bond donors (Lipinski definition) is 2. The van der Waals surface area contributed by atoms with E-state index in [-0.39, 0.29) is 17.2 Å². The maximum atomic E-state index is 12.6. The molecule has 1 aliphatic rings. The summed E-state index contributed by atoms with van der Waals surface area (Å²) in [6.45, 7) is 3.68. The highest BCUT2D eigenvalue weighted by Crippen LogP contribution is 2.47. The second kappa shape index (κ2) is 7.30. The minimum atomic E-state index is -3.96. The average molecular weight is 393 g/mol. The van der Waals surface area contributed by atoms with Gasteiger partial charge in [-0.2, -0.15) is 4.72 Å². The van der Waals surface area contributed by atoms with E-state index < -0.39 is 22.0 Å². The van der Waals surface area contributed by atoms with Crippen molar-refractivity contribution in [2.24, 2.45) is 5.92 Å². The van der Waals surface area contributed by atoms with Crippen LogP contribution >= 0.6 is 11.8 Å². The van der Waals surface area contributed by atoms with Crippen molar-refractivity contribution >= 4 is 27.8 Å². The molecule has 0 saturated carbocycles. The quantitative estimate of drug-likeness (QED) is 0.663. The Morgan fingerprint density at radius 2 is 1.85 bits per heavy atom. The molecule has 8 heteroatoms. The Hall–Kier alpha value is -2.03. The molecule has 2 N–H and O–H groups in total. The van der Waals surface area contributed by atoms with Crippen LogP contribution in [0.15, 0.2) is 57.2 Å². The van der Waals surface area contributed by atoms with E-state index >= 15 is 0 Å². The van der Waals surface area contributed by atoms with Crippen molar-refractivity contribution in [2.75, 3.05) is 0 Å². The van der Waals surface area contributed by atoms with Crippen molar-refractivity contribution in [1.82, 2.24) is 4.72 Å². The second-order valence-electron chi connectivity index (χ2n) is 6.40. The zero-order chi connectivity index (χ0) is 18.9. The molecule has 3 rings (SSSR count). The van der Waals surface area contributed by atoms with Crippen molar-refractivity contribution in [2.45, 2.75) is 41.0 Å². The Morgan fingerprint density at radius 3 is 2.54 bits per heavy atom. The summed E-state index contributed by atoms with van der Waals surface area (Å²) in [6, 6.07) is 10.8. The number of fused-ring (bicyclic) bond motifs is 2. The van der Waals surface area contributed by atoms with E-state index in [1.807, 2.05) is 38.1 Å². The average Bonchev–Trinajstić information content (AvgIpc) is 2.58. The first-order valence-corrected chi connectivity index (χ1v) is 10.4. The van der Waals surface area contributed by atoms with Crippen LogP contribution in [0.1, 0.15) is 20.3 Å². The van der Waals surface area contributed by atoms with Gasteiger partial charge in [0, 0.05) is 0 Å². The summed E-state index contributed by atoms with van der Waals surface area (Å²) in [6.07, 6.45) is 0.213. The van der Waals surface area contributed by atoms with Gasteiger partial charge >= 0.3 is 5.97 Å². The lowest BCUT2D eigenvalue weighted by Gasteiger charge is -2.21. The highest BCUT2D eigenvalue weighted by molar-refractivity contribution is 7.99. The number of carbonyl (C=O) groups is 1. The fraction of sp³-hybridized carbons (Fsp3) is 0.278. The van der Waals surface area contributed by atoms with Gasteiger partial charge in [0.1, 0.15) is 17.5 Å². The van der Waals surface area contributed by atoms with Gasteiger partial charge in [-0.25, -0.2) is 8.42 Å². The van der Waals surface area contributed by atoms with Crippen molar-refractivity contribution in [1.29, 1.82) is 0 Å². The number of ether oxygens (including phenoxy) is 1. The number of aliphatic carboxylic acids is 1. The van der Waals surface area contributed by atoms with Crippen LogP contribution in [0, 0.1) is 5.92 Å². The van der Waals surface area contributed by atoms with E-state index in [1.54, 1.807) is 6.07 Å². The van der Waals surface area contributed by atoms with Gasteiger partial charge in [-0.3, -0.25) is 4.79 Å². The normalized spacial score (nSPS) is 14.3. The van der Waals surface area contributed by atoms with Gasteiger partial charge in [0.2, 0.25) is 10.0 Å². The first-order valence-electron chi connectivity index (χ1n) is 8.10. The molecule has 2 aromatic rings. The van der Waals surface area contributed by atoms with Crippen LogP contribution in [0.3, 0.4) is 0 Å². The summed E-state index contributed by atoms with van der Waals surface area (Å²) < 4.78 is 33.3. The van der Waals surface area contributed by atoms with Crippen LogP contribution in [0.2, 0.25) is 0 Å². The molecule has 1 heterocycles. The second-order valence-corrected chi connectivity index (χ2v) is 9.20. The zero-order valence-corrected chi connectivity index (χ0v) is 15.9. The Balaban J connectivity index is 1.87. The maximum Gasteiger partial charge on any atom is 0.321 e. The summed E-state index contributed by atoms with van der Waals surface area (Å²) in [5, 5.41) is 9.28. The lowest BCUT2D eigenvalue weighted by molar-refractivity contribution is -0.139. The summed E-state index contributed by atoms with van der Waals surface area (Å²) >= 11 is 1.42. The van der Waals surface area contributed by atoms with Gasteiger partial charge in [-0.1, -0.05) is 37.7 Å². The molecule has 0 aromatic heterocycles. The summed E-state index contributed by atoms with van der Waals surface area (Å²) in [5.74, 6) is 0.154. The highest BCUT2D eigenvalue weighted by Gasteiger charge is 2.27. The Morgan fingerprint density at radius 1 is 1.15 bits per heavy atom. The van der Waals surface area contributed by atoms with Gasteiger partial charge < -0.3 is 9.84 Å². The van der Waals surface area contributed by atoms with Crippen LogP contribution in [0.25, 0.3) is 0 Å². The molecule has 0 amide bonds. The number of carboxylic acid groups (broad SMARTS) is 1. The first-order chi connectivity index (χ1) is 12.3. The monoisotopic (exact) mass is 393 g/mol. The van der Waals surface area contributed by atoms with Crippen molar-refractivity contribution in [3.63, 3.8) is 0 Å². The lowest BCUT2D eigenvalue weighted by atomic mass is 10.1. The van der Waals surface area contributed by atoms with E-state index in [4.69, 9.17) is 4.74 Å². The summed E-state index contributed by atoms with van der Waals surface area (Å²) in [5.41, 5.74) is 0. The largest absolute Gasteiger partial charge is 0.480 e. The number of rotatable bonds is 6. The zero-order valence-electron chi connectivity index (χ0n) is 14.3. The van der Waals surface area contributed by atoms with E-state index in [0.29, 0.717) is 10.6 Å². The molecule has 1 aliphatic heterocycles. The highest BCUT2D eigenvalue weighted by atomic mass is 32.2. The van der Waals surface area contributed by atoms with Crippen LogP contribution in [-0.2, 0) is 14.8 Å². The fourth-order valence-corrected chi connectivity index (χ4v) is 4.89. The molecule has 26 heavy (non-hydrogen) atoms. The number of nitrogens with one attached hydrogen (secondary N) is 1. The number of hydrogen-bond acceptors (Lipinski definition) is 5. The molecule has 0 radical (unpaired) electrons. The number of sulfonamides is 1. The Bertz CT molecular complexity index is 940. The predicted molar refractivity (Wildman–Crippen MR) is 98.3 cm³/mol. The molecule has 0 bridgehead atoms. The molecular weight excluding hydrogens is 374 g/mol. The minimum absolute atomic E-state index is 0.0155. The molecule has 0 fully saturated rings.